The number of aliphatic imine (C=N–C) groups is 1. The Labute approximate surface area is 186 Å². The first-order valence-corrected chi connectivity index (χ1v) is 10.4. The van der Waals surface area contributed by atoms with Crippen LogP contribution >= 0.6 is 24.0 Å². The van der Waals surface area contributed by atoms with E-state index in [1.807, 2.05) is 28.8 Å². The monoisotopic (exact) mass is 498 g/mol. The predicted octanol–water partition coefficient (Wildman–Crippen LogP) is 4.05. The number of guanidine groups is 1. The molecule has 0 unspecified atom stereocenters. The molecule has 1 aliphatic rings. The quantitative estimate of drug-likeness (QED) is 0.328. The van der Waals surface area contributed by atoms with Gasteiger partial charge >= 0.3 is 0 Å². The Morgan fingerprint density at radius 2 is 2.00 bits per heavy atom. The molecule has 0 aromatic carbocycles. The van der Waals surface area contributed by atoms with E-state index in [1.54, 1.807) is 0 Å². The third-order valence-corrected chi connectivity index (χ3v) is 5.45. The van der Waals surface area contributed by atoms with E-state index in [2.05, 4.69) is 41.6 Å². The van der Waals surface area contributed by atoms with E-state index in [9.17, 15) is 0 Å². The summed E-state index contributed by atoms with van der Waals surface area (Å²) in [6, 6.07) is 5.97. The van der Waals surface area contributed by atoms with Crippen LogP contribution < -0.4 is 10.6 Å². The molecule has 156 valence electrons. The predicted molar refractivity (Wildman–Crippen MR) is 126 cm³/mol. The fraction of sp³-hybridized carbons (Fsp3) is 0.667. The van der Waals surface area contributed by atoms with Crippen LogP contribution in [0.2, 0.25) is 0 Å². The minimum atomic E-state index is 0. The molecule has 2 heterocycles. The summed E-state index contributed by atoms with van der Waals surface area (Å²) in [4.78, 5) is 4.95. The van der Waals surface area contributed by atoms with Gasteiger partial charge in [0.2, 0.25) is 0 Å². The van der Waals surface area contributed by atoms with E-state index in [4.69, 9.17) is 4.99 Å². The smallest absolute Gasteiger partial charge is 0.191 e. The van der Waals surface area contributed by atoms with Crippen LogP contribution in [0.15, 0.2) is 29.4 Å². The Balaban J connectivity index is 0.00000280. The Bertz CT molecular complexity index is 748. The van der Waals surface area contributed by atoms with Crippen molar-refractivity contribution >= 4 is 35.6 Å². The first-order chi connectivity index (χ1) is 13.1. The number of fused-ring (bicyclic) bond motifs is 1. The zero-order chi connectivity index (χ0) is 19.1. The molecule has 0 atom stereocenters. The molecule has 7 heteroatoms. The first-order valence-electron chi connectivity index (χ1n) is 10.4. The van der Waals surface area contributed by atoms with E-state index in [0.29, 0.717) is 5.41 Å². The lowest BCUT2D eigenvalue weighted by Crippen LogP contribution is -2.39. The maximum Gasteiger partial charge on any atom is 0.191 e. The topological polar surface area (TPSA) is 66.6 Å². The molecule has 1 fully saturated rings. The third kappa shape index (κ3) is 6.06. The lowest BCUT2D eigenvalue weighted by molar-refractivity contribution is 0.245. The average Bonchev–Trinajstić information content (AvgIpc) is 3.27. The van der Waals surface area contributed by atoms with Crippen molar-refractivity contribution in [1.29, 1.82) is 0 Å². The molecule has 0 spiro atoms. The van der Waals surface area contributed by atoms with Gasteiger partial charge in [-0.25, -0.2) is 0 Å². The van der Waals surface area contributed by atoms with E-state index in [1.165, 1.54) is 32.1 Å². The number of hydrogen-bond acceptors (Lipinski definition) is 3. The van der Waals surface area contributed by atoms with Crippen LogP contribution in [-0.4, -0.2) is 40.2 Å². The normalized spacial score (nSPS) is 16.4. The largest absolute Gasteiger partial charge is 0.357 e. The SMILES string of the molecule is CCNC(=NCC1(CC(C)C)CCCC1)NCCc1nnc2ccccn12.I. The summed E-state index contributed by atoms with van der Waals surface area (Å²) < 4.78 is 2.04. The lowest BCUT2D eigenvalue weighted by Gasteiger charge is -2.29. The maximum atomic E-state index is 4.95. The van der Waals surface area contributed by atoms with Crippen molar-refractivity contribution in [3.05, 3.63) is 30.2 Å². The fourth-order valence-corrected chi connectivity index (χ4v) is 4.36. The highest BCUT2D eigenvalue weighted by Crippen LogP contribution is 2.43. The van der Waals surface area contributed by atoms with Crippen molar-refractivity contribution in [2.45, 2.75) is 59.3 Å². The molecule has 0 bridgehead atoms. The number of nitrogens with zero attached hydrogens (tertiary/aromatic N) is 4. The van der Waals surface area contributed by atoms with Crippen LogP contribution in [0.4, 0.5) is 0 Å². The van der Waals surface area contributed by atoms with E-state index in [0.717, 1.165) is 49.4 Å². The van der Waals surface area contributed by atoms with Gasteiger partial charge in [0.1, 0.15) is 5.82 Å². The third-order valence-electron chi connectivity index (χ3n) is 5.45. The minimum Gasteiger partial charge on any atom is -0.357 e. The standard InChI is InChI=1S/C21H34N6.HI/c1-4-22-20(24-16-21(15-17(2)3)11-6-7-12-21)23-13-10-19-26-25-18-9-5-8-14-27(18)19;/h5,8-9,14,17H,4,6-7,10-13,15-16H2,1-3H3,(H2,22,23,24);1H. The number of aromatic nitrogens is 3. The maximum absolute atomic E-state index is 4.95. The molecule has 6 nitrogen and oxygen atoms in total. The van der Waals surface area contributed by atoms with Crippen LogP contribution in [0, 0.1) is 11.3 Å². The molecule has 0 aliphatic heterocycles. The van der Waals surface area contributed by atoms with Crippen molar-refractivity contribution in [1.82, 2.24) is 25.2 Å². The average molecular weight is 498 g/mol. The van der Waals surface area contributed by atoms with Crippen molar-refractivity contribution in [2.75, 3.05) is 19.6 Å². The number of hydrogen-bond donors (Lipinski definition) is 2. The zero-order valence-electron chi connectivity index (χ0n) is 17.4. The second-order valence-corrected chi connectivity index (χ2v) is 8.22. The van der Waals surface area contributed by atoms with E-state index >= 15 is 0 Å². The summed E-state index contributed by atoms with van der Waals surface area (Å²) >= 11 is 0. The minimum absolute atomic E-state index is 0. The molecule has 0 amide bonds. The van der Waals surface area contributed by atoms with Crippen LogP contribution in [0.25, 0.3) is 5.65 Å². The van der Waals surface area contributed by atoms with Gasteiger partial charge in [-0.3, -0.25) is 9.39 Å². The van der Waals surface area contributed by atoms with E-state index < -0.39 is 0 Å². The van der Waals surface area contributed by atoms with Gasteiger partial charge in [-0.05, 0) is 49.7 Å². The van der Waals surface area contributed by atoms with Gasteiger partial charge in [0.25, 0.3) is 0 Å². The van der Waals surface area contributed by atoms with Crippen LogP contribution in [0.5, 0.6) is 0 Å². The number of nitrogens with one attached hydrogen (secondary N) is 2. The highest BCUT2D eigenvalue weighted by molar-refractivity contribution is 14.0. The van der Waals surface area contributed by atoms with Gasteiger partial charge in [0, 0.05) is 32.3 Å². The van der Waals surface area contributed by atoms with Crippen molar-refractivity contribution in [3.8, 4) is 0 Å². The van der Waals surface area contributed by atoms with Gasteiger partial charge in [-0.15, -0.1) is 34.2 Å². The van der Waals surface area contributed by atoms with Gasteiger partial charge in [0.05, 0.1) is 0 Å². The van der Waals surface area contributed by atoms with Crippen molar-refractivity contribution < 1.29 is 0 Å². The molecule has 3 rings (SSSR count). The molecule has 2 aromatic rings. The Kier molecular flexibility index (Phi) is 8.98. The summed E-state index contributed by atoms with van der Waals surface area (Å²) in [5.41, 5.74) is 1.30. The number of pyridine rings is 1. The Morgan fingerprint density at radius 1 is 1.21 bits per heavy atom. The van der Waals surface area contributed by atoms with Gasteiger partial charge in [-0.2, -0.15) is 0 Å². The molecule has 2 aromatic heterocycles. The van der Waals surface area contributed by atoms with Crippen molar-refractivity contribution in [2.24, 2.45) is 16.3 Å². The van der Waals surface area contributed by atoms with Crippen LogP contribution in [-0.2, 0) is 6.42 Å². The Hall–Kier alpha value is -1.38. The first kappa shape index (κ1) is 22.9. The highest BCUT2D eigenvalue weighted by Gasteiger charge is 2.34. The molecule has 1 aliphatic carbocycles. The lowest BCUT2D eigenvalue weighted by atomic mass is 9.78. The molecule has 28 heavy (non-hydrogen) atoms. The fourth-order valence-electron chi connectivity index (χ4n) is 4.36. The summed E-state index contributed by atoms with van der Waals surface area (Å²) in [5.74, 6) is 2.62. The zero-order valence-corrected chi connectivity index (χ0v) is 19.8. The summed E-state index contributed by atoms with van der Waals surface area (Å²) in [6.45, 7) is 9.36. The summed E-state index contributed by atoms with van der Waals surface area (Å²) in [5, 5.41) is 15.4. The second kappa shape index (κ2) is 11.0. The second-order valence-electron chi connectivity index (χ2n) is 8.22. The van der Waals surface area contributed by atoms with Gasteiger partial charge in [-0.1, -0.05) is 32.8 Å². The molecular formula is C21H35IN6. The Morgan fingerprint density at radius 3 is 2.71 bits per heavy atom. The van der Waals surface area contributed by atoms with Gasteiger partial charge in [0.15, 0.2) is 11.6 Å². The molecular weight excluding hydrogens is 463 g/mol. The molecule has 2 N–H and O–H groups in total. The van der Waals surface area contributed by atoms with Gasteiger partial charge < -0.3 is 10.6 Å². The van der Waals surface area contributed by atoms with Crippen LogP contribution in [0.3, 0.4) is 0 Å². The van der Waals surface area contributed by atoms with E-state index in [-0.39, 0.29) is 24.0 Å². The summed E-state index contributed by atoms with van der Waals surface area (Å²) in [7, 11) is 0. The molecule has 1 saturated carbocycles. The summed E-state index contributed by atoms with van der Waals surface area (Å²) in [6.07, 6.45) is 9.45. The molecule has 0 saturated heterocycles. The number of rotatable bonds is 8. The van der Waals surface area contributed by atoms with Crippen LogP contribution in [0.1, 0.15) is 58.7 Å². The molecule has 0 radical (unpaired) electrons. The van der Waals surface area contributed by atoms with Crippen molar-refractivity contribution in [3.63, 3.8) is 0 Å². The number of halogens is 1. The highest BCUT2D eigenvalue weighted by atomic mass is 127.